The Balaban J connectivity index is 2.53. The highest BCUT2D eigenvalue weighted by molar-refractivity contribution is 5.79. The van der Waals surface area contributed by atoms with Crippen LogP contribution in [0.3, 0.4) is 0 Å². The van der Waals surface area contributed by atoms with Crippen molar-refractivity contribution in [2.24, 2.45) is 11.7 Å². The second kappa shape index (κ2) is 6.88. The fourth-order valence-electron chi connectivity index (χ4n) is 2.20. The molecule has 1 amide bonds. The van der Waals surface area contributed by atoms with Gasteiger partial charge in [0.25, 0.3) is 0 Å². The molecule has 0 heterocycles. The Bertz CT molecular complexity index is 323. The van der Waals surface area contributed by atoms with Crippen LogP contribution in [-0.2, 0) is 4.79 Å². The van der Waals surface area contributed by atoms with E-state index in [-0.39, 0.29) is 17.9 Å². The molecule has 1 saturated carbocycles. The van der Waals surface area contributed by atoms with Crippen molar-refractivity contribution in [2.45, 2.75) is 38.1 Å². The molecule has 2 atom stereocenters. The summed E-state index contributed by atoms with van der Waals surface area (Å²) in [7, 11) is 0. The highest BCUT2D eigenvalue weighted by Crippen LogP contribution is 2.26. The third-order valence-electron chi connectivity index (χ3n) is 3.12. The first kappa shape index (κ1) is 13.5. The van der Waals surface area contributed by atoms with E-state index in [0.717, 1.165) is 19.3 Å². The zero-order chi connectivity index (χ0) is 12.7. The number of amides is 1. The van der Waals surface area contributed by atoms with Gasteiger partial charge in [-0.3, -0.25) is 4.79 Å². The van der Waals surface area contributed by atoms with Gasteiger partial charge in [0.2, 0.25) is 5.91 Å². The molecule has 0 aromatic rings. The largest absolute Gasteiger partial charge is 0.340 e. The Morgan fingerprint density at radius 1 is 1.24 bits per heavy atom. The molecule has 0 aromatic heterocycles. The Hall–Kier alpha value is -1.59. The van der Waals surface area contributed by atoms with E-state index in [1.807, 2.05) is 12.1 Å². The zero-order valence-corrected chi connectivity index (χ0v) is 9.93. The third kappa shape index (κ3) is 4.05. The Kier molecular flexibility index (Phi) is 5.45. The maximum Gasteiger partial charge on any atom is 0.225 e. The molecule has 1 fully saturated rings. The number of hydrogen-bond donors (Lipinski definition) is 1. The minimum Gasteiger partial charge on any atom is -0.340 e. The molecular formula is C12H18N4O. The molecule has 1 aliphatic rings. The summed E-state index contributed by atoms with van der Waals surface area (Å²) in [5.74, 6) is 0.0471. The normalized spacial score (nSPS) is 22.8. The van der Waals surface area contributed by atoms with Crippen LogP contribution in [0.15, 0.2) is 0 Å². The van der Waals surface area contributed by atoms with Crippen molar-refractivity contribution in [1.82, 2.24) is 4.90 Å². The first-order valence-corrected chi connectivity index (χ1v) is 5.97. The minimum atomic E-state index is -0.0117. The van der Waals surface area contributed by atoms with Crippen molar-refractivity contribution in [1.29, 1.82) is 10.5 Å². The van der Waals surface area contributed by atoms with E-state index < -0.39 is 0 Å². The summed E-state index contributed by atoms with van der Waals surface area (Å²) in [5.41, 5.74) is 5.79. The van der Waals surface area contributed by atoms with Gasteiger partial charge in [-0.25, -0.2) is 0 Å². The average molecular weight is 234 g/mol. The van der Waals surface area contributed by atoms with E-state index in [4.69, 9.17) is 16.3 Å². The van der Waals surface area contributed by atoms with Crippen molar-refractivity contribution in [3.05, 3.63) is 0 Å². The van der Waals surface area contributed by atoms with E-state index in [9.17, 15) is 4.79 Å². The SMILES string of the molecule is N#CCCN(CCC#N)C(=O)C1CCC(N)C1. The van der Waals surface area contributed by atoms with Crippen molar-refractivity contribution >= 4 is 5.91 Å². The summed E-state index contributed by atoms with van der Waals surface area (Å²) >= 11 is 0. The van der Waals surface area contributed by atoms with Crippen molar-refractivity contribution < 1.29 is 4.79 Å². The Morgan fingerprint density at radius 3 is 2.24 bits per heavy atom. The van der Waals surface area contributed by atoms with Gasteiger partial charge in [-0.2, -0.15) is 10.5 Å². The highest BCUT2D eigenvalue weighted by Gasteiger charge is 2.30. The van der Waals surface area contributed by atoms with Crippen LogP contribution >= 0.6 is 0 Å². The molecule has 0 radical (unpaired) electrons. The highest BCUT2D eigenvalue weighted by atomic mass is 16.2. The van der Waals surface area contributed by atoms with E-state index in [1.165, 1.54) is 0 Å². The minimum absolute atomic E-state index is 0.0117. The summed E-state index contributed by atoms with van der Waals surface area (Å²) in [5, 5.41) is 17.1. The van der Waals surface area contributed by atoms with Crippen molar-refractivity contribution in [2.75, 3.05) is 13.1 Å². The predicted octanol–water partition coefficient (Wildman–Crippen LogP) is 0.770. The van der Waals surface area contributed by atoms with Crippen LogP contribution in [0, 0.1) is 28.6 Å². The number of nitrogens with zero attached hydrogens (tertiary/aromatic N) is 3. The van der Waals surface area contributed by atoms with Gasteiger partial charge in [0.05, 0.1) is 25.0 Å². The predicted molar refractivity (Wildman–Crippen MR) is 62.4 cm³/mol. The van der Waals surface area contributed by atoms with Crippen molar-refractivity contribution in [3.8, 4) is 12.1 Å². The second-order valence-corrected chi connectivity index (χ2v) is 4.41. The molecule has 0 aromatic carbocycles. The lowest BCUT2D eigenvalue weighted by atomic mass is 10.1. The summed E-state index contributed by atoms with van der Waals surface area (Å²) in [4.78, 5) is 13.8. The molecule has 1 aliphatic carbocycles. The van der Waals surface area contributed by atoms with Crippen LogP contribution in [0.5, 0.6) is 0 Å². The molecule has 92 valence electrons. The van der Waals surface area contributed by atoms with Gasteiger partial charge in [-0.15, -0.1) is 0 Å². The van der Waals surface area contributed by atoms with Gasteiger partial charge in [-0.1, -0.05) is 0 Å². The van der Waals surface area contributed by atoms with Gasteiger partial charge in [0.1, 0.15) is 0 Å². The molecule has 2 N–H and O–H groups in total. The Labute approximate surface area is 102 Å². The van der Waals surface area contributed by atoms with Gasteiger partial charge < -0.3 is 10.6 Å². The van der Waals surface area contributed by atoms with Crippen LogP contribution < -0.4 is 5.73 Å². The lowest BCUT2D eigenvalue weighted by Gasteiger charge is -2.23. The van der Waals surface area contributed by atoms with Gasteiger partial charge in [-0.05, 0) is 19.3 Å². The van der Waals surface area contributed by atoms with Crippen LogP contribution in [0.1, 0.15) is 32.1 Å². The standard InChI is InChI=1S/C12H18N4O/c13-5-1-7-16(8-2-6-14)12(17)10-3-4-11(15)9-10/h10-11H,1-4,7-9,15H2. The summed E-state index contributed by atoms with van der Waals surface area (Å²) in [6.45, 7) is 0.839. The van der Waals surface area contributed by atoms with Gasteiger partial charge >= 0.3 is 0 Å². The lowest BCUT2D eigenvalue weighted by Crippen LogP contribution is -2.37. The Morgan fingerprint density at radius 2 is 1.82 bits per heavy atom. The molecule has 2 unspecified atom stereocenters. The number of carbonyl (C=O) groups excluding carboxylic acids is 1. The fraction of sp³-hybridized carbons (Fsp3) is 0.750. The summed E-state index contributed by atoms with van der Waals surface area (Å²) in [6, 6.07) is 4.18. The number of hydrogen-bond acceptors (Lipinski definition) is 4. The molecule has 1 rings (SSSR count). The molecule has 5 nitrogen and oxygen atoms in total. The first-order chi connectivity index (χ1) is 8.19. The molecular weight excluding hydrogens is 216 g/mol. The smallest absolute Gasteiger partial charge is 0.225 e. The van der Waals surface area contributed by atoms with Crippen LogP contribution in [-0.4, -0.2) is 29.9 Å². The van der Waals surface area contributed by atoms with Crippen LogP contribution in [0.4, 0.5) is 0 Å². The van der Waals surface area contributed by atoms with E-state index in [1.54, 1.807) is 4.90 Å². The van der Waals surface area contributed by atoms with Crippen LogP contribution in [0.25, 0.3) is 0 Å². The molecule has 5 heteroatoms. The van der Waals surface area contributed by atoms with E-state index in [2.05, 4.69) is 0 Å². The maximum atomic E-state index is 12.2. The molecule has 0 spiro atoms. The lowest BCUT2D eigenvalue weighted by molar-refractivity contribution is -0.135. The molecule has 0 aliphatic heterocycles. The van der Waals surface area contributed by atoms with E-state index in [0.29, 0.717) is 25.9 Å². The van der Waals surface area contributed by atoms with Crippen LogP contribution in [0.2, 0.25) is 0 Å². The maximum absolute atomic E-state index is 12.2. The van der Waals surface area contributed by atoms with Gasteiger partial charge in [0.15, 0.2) is 0 Å². The molecule has 0 saturated heterocycles. The number of nitriles is 2. The fourth-order valence-corrected chi connectivity index (χ4v) is 2.20. The van der Waals surface area contributed by atoms with Gasteiger partial charge in [0, 0.05) is 25.0 Å². The quantitative estimate of drug-likeness (QED) is 0.760. The average Bonchev–Trinajstić information content (AvgIpc) is 2.75. The summed E-state index contributed by atoms with van der Waals surface area (Å²) < 4.78 is 0. The third-order valence-corrected chi connectivity index (χ3v) is 3.12. The van der Waals surface area contributed by atoms with Crippen molar-refractivity contribution in [3.63, 3.8) is 0 Å². The zero-order valence-electron chi connectivity index (χ0n) is 9.93. The number of rotatable bonds is 5. The number of nitrogens with two attached hydrogens (primary N) is 1. The number of carbonyl (C=O) groups is 1. The second-order valence-electron chi connectivity index (χ2n) is 4.41. The topological polar surface area (TPSA) is 93.9 Å². The summed E-state index contributed by atoms with van der Waals surface area (Å²) in [6.07, 6.45) is 3.08. The van der Waals surface area contributed by atoms with E-state index >= 15 is 0 Å². The molecule has 17 heavy (non-hydrogen) atoms. The monoisotopic (exact) mass is 234 g/mol. The first-order valence-electron chi connectivity index (χ1n) is 5.97. The molecule has 0 bridgehead atoms.